The molecule has 0 bridgehead atoms. The lowest BCUT2D eigenvalue weighted by Crippen LogP contribution is -2.30. The molecule has 0 aromatic heterocycles. The third kappa shape index (κ3) is 2.62. The monoisotopic (exact) mass is 256 g/mol. The minimum atomic E-state index is -0.0663. The first-order chi connectivity index (χ1) is 9.24. The third-order valence-corrected chi connectivity index (χ3v) is 3.22. The van der Waals surface area contributed by atoms with Crippen molar-refractivity contribution in [3.63, 3.8) is 0 Å². The normalized spacial score (nSPS) is 14.3. The van der Waals surface area contributed by atoms with Crippen molar-refractivity contribution in [2.75, 3.05) is 12.3 Å². The Morgan fingerprint density at radius 2 is 1.95 bits per heavy atom. The zero-order valence-corrected chi connectivity index (χ0v) is 10.6. The Balaban J connectivity index is 1.76. The smallest absolute Gasteiger partial charge is 0.258 e. The molecule has 0 aliphatic heterocycles. The molecule has 4 heteroatoms. The Labute approximate surface area is 111 Å². The molecule has 19 heavy (non-hydrogen) atoms. The number of benzene rings is 2. The number of fused-ring (bicyclic) bond motifs is 1. The van der Waals surface area contributed by atoms with E-state index in [4.69, 9.17) is 10.5 Å². The van der Waals surface area contributed by atoms with Gasteiger partial charge in [-0.3, -0.25) is 4.79 Å². The van der Waals surface area contributed by atoms with Crippen LogP contribution in [0.3, 0.4) is 0 Å². The number of hydrogen-bond donors (Lipinski definition) is 2. The maximum Gasteiger partial charge on any atom is 0.258 e. The van der Waals surface area contributed by atoms with E-state index in [0.29, 0.717) is 17.5 Å². The maximum absolute atomic E-state index is 11.6. The summed E-state index contributed by atoms with van der Waals surface area (Å²) in [6.07, 6.45) is 2.16. The fourth-order valence-electron chi connectivity index (χ4n) is 2.06. The maximum atomic E-state index is 11.6. The van der Waals surface area contributed by atoms with E-state index in [1.54, 1.807) is 6.07 Å². The average molecular weight is 256 g/mol. The quantitative estimate of drug-likeness (QED) is 0.823. The second-order valence-electron chi connectivity index (χ2n) is 4.83. The average Bonchev–Trinajstić information content (AvgIpc) is 3.22. The summed E-state index contributed by atoms with van der Waals surface area (Å²) in [5.41, 5.74) is 6.63. The topological polar surface area (TPSA) is 64.3 Å². The van der Waals surface area contributed by atoms with Gasteiger partial charge in [-0.05, 0) is 25.0 Å². The van der Waals surface area contributed by atoms with Crippen molar-refractivity contribution < 1.29 is 9.53 Å². The van der Waals surface area contributed by atoms with E-state index in [9.17, 15) is 4.79 Å². The zero-order valence-electron chi connectivity index (χ0n) is 10.6. The Bertz CT molecular complexity index is 621. The van der Waals surface area contributed by atoms with E-state index >= 15 is 0 Å². The van der Waals surface area contributed by atoms with Crippen molar-refractivity contribution in [1.82, 2.24) is 5.32 Å². The van der Waals surface area contributed by atoms with Crippen LogP contribution in [0.1, 0.15) is 12.8 Å². The number of nitrogen functional groups attached to an aromatic ring is 1. The van der Waals surface area contributed by atoms with Gasteiger partial charge in [0.2, 0.25) is 0 Å². The lowest BCUT2D eigenvalue weighted by atomic mass is 10.1. The van der Waals surface area contributed by atoms with E-state index in [1.165, 1.54) is 0 Å². The highest BCUT2D eigenvalue weighted by Gasteiger charge is 2.23. The number of amides is 1. The van der Waals surface area contributed by atoms with Gasteiger partial charge in [0.15, 0.2) is 6.61 Å². The SMILES string of the molecule is Nc1ccc(OCC(=O)NC2CC2)c2ccccc12. The number of nitrogens with two attached hydrogens (primary N) is 1. The zero-order chi connectivity index (χ0) is 13.2. The van der Waals surface area contributed by atoms with Gasteiger partial charge in [-0.2, -0.15) is 0 Å². The van der Waals surface area contributed by atoms with Crippen LogP contribution in [0.2, 0.25) is 0 Å². The Kier molecular flexibility index (Phi) is 2.99. The molecule has 4 nitrogen and oxygen atoms in total. The molecule has 0 atom stereocenters. The van der Waals surface area contributed by atoms with Crippen LogP contribution in [-0.2, 0) is 4.79 Å². The molecule has 0 radical (unpaired) electrons. The fourth-order valence-corrected chi connectivity index (χ4v) is 2.06. The molecule has 0 heterocycles. The molecule has 1 aliphatic carbocycles. The summed E-state index contributed by atoms with van der Waals surface area (Å²) in [4.78, 5) is 11.6. The number of ether oxygens (including phenoxy) is 1. The standard InChI is InChI=1S/C15H16N2O2/c16-13-7-8-14(12-4-2-1-3-11(12)13)19-9-15(18)17-10-5-6-10/h1-4,7-8,10H,5-6,9,16H2,(H,17,18). The van der Waals surface area contributed by atoms with Gasteiger partial charge in [0, 0.05) is 22.5 Å². The molecule has 1 amide bonds. The summed E-state index contributed by atoms with van der Waals surface area (Å²) in [6, 6.07) is 11.7. The van der Waals surface area contributed by atoms with E-state index in [0.717, 1.165) is 23.6 Å². The Hall–Kier alpha value is -2.23. The molecular formula is C15H16N2O2. The minimum Gasteiger partial charge on any atom is -0.483 e. The van der Waals surface area contributed by atoms with Gasteiger partial charge in [0.25, 0.3) is 5.91 Å². The second-order valence-corrected chi connectivity index (χ2v) is 4.83. The van der Waals surface area contributed by atoms with Gasteiger partial charge in [-0.1, -0.05) is 24.3 Å². The van der Waals surface area contributed by atoms with Gasteiger partial charge in [-0.25, -0.2) is 0 Å². The molecule has 0 saturated heterocycles. The predicted octanol–water partition coefficient (Wildman–Crippen LogP) is 2.08. The number of nitrogens with one attached hydrogen (secondary N) is 1. The molecular weight excluding hydrogens is 240 g/mol. The number of carbonyl (C=O) groups is 1. The van der Waals surface area contributed by atoms with Gasteiger partial charge in [0.1, 0.15) is 5.75 Å². The van der Waals surface area contributed by atoms with E-state index in [2.05, 4.69) is 5.32 Å². The predicted molar refractivity (Wildman–Crippen MR) is 75.0 cm³/mol. The molecule has 1 aliphatic rings. The van der Waals surface area contributed by atoms with Gasteiger partial charge < -0.3 is 15.8 Å². The van der Waals surface area contributed by atoms with E-state index in [-0.39, 0.29) is 12.5 Å². The molecule has 0 spiro atoms. The summed E-state index contributed by atoms with van der Waals surface area (Å²) >= 11 is 0. The van der Waals surface area contributed by atoms with Crippen molar-refractivity contribution in [2.45, 2.75) is 18.9 Å². The van der Waals surface area contributed by atoms with Crippen LogP contribution < -0.4 is 15.8 Å². The number of rotatable bonds is 4. The van der Waals surface area contributed by atoms with Crippen LogP contribution in [0.4, 0.5) is 5.69 Å². The molecule has 1 saturated carbocycles. The van der Waals surface area contributed by atoms with Crippen molar-refractivity contribution >= 4 is 22.4 Å². The van der Waals surface area contributed by atoms with Crippen molar-refractivity contribution in [2.24, 2.45) is 0 Å². The van der Waals surface area contributed by atoms with Gasteiger partial charge in [-0.15, -0.1) is 0 Å². The largest absolute Gasteiger partial charge is 0.483 e. The first-order valence-electron chi connectivity index (χ1n) is 6.43. The first kappa shape index (κ1) is 11.8. The minimum absolute atomic E-state index is 0.0460. The van der Waals surface area contributed by atoms with Crippen LogP contribution in [0.15, 0.2) is 36.4 Å². The lowest BCUT2D eigenvalue weighted by molar-refractivity contribution is -0.123. The van der Waals surface area contributed by atoms with E-state index < -0.39 is 0 Å². The summed E-state index contributed by atoms with van der Waals surface area (Å²) in [6.45, 7) is 0.0460. The van der Waals surface area contributed by atoms with Crippen LogP contribution >= 0.6 is 0 Å². The molecule has 3 rings (SSSR count). The highest BCUT2D eigenvalue weighted by atomic mass is 16.5. The highest BCUT2D eigenvalue weighted by Crippen LogP contribution is 2.29. The van der Waals surface area contributed by atoms with Crippen LogP contribution in [-0.4, -0.2) is 18.6 Å². The summed E-state index contributed by atoms with van der Waals surface area (Å²) < 4.78 is 5.60. The first-order valence-corrected chi connectivity index (χ1v) is 6.43. The third-order valence-electron chi connectivity index (χ3n) is 3.22. The lowest BCUT2D eigenvalue weighted by Gasteiger charge is -2.10. The number of anilines is 1. The van der Waals surface area contributed by atoms with Crippen molar-refractivity contribution in [3.05, 3.63) is 36.4 Å². The molecule has 1 fully saturated rings. The fraction of sp³-hybridized carbons (Fsp3) is 0.267. The van der Waals surface area contributed by atoms with Crippen LogP contribution in [0, 0.1) is 0 Å². The summed E-state index contributed by atoms with van der Waals surface area (Å²) in [7, 11) is 0. The second kappa shape index (κ2) is 4.80. The molecule has 3 N–H and O–H groups in total. The van der Waals surface area contributed by atoms with E-state index in [1.807, 2.05) is 30.3 Å². The number of carbonyl (C=O) groups excluding carboxylic acids is 1. The van der Waals surface area contributed by atoms with Crippen LogP contribution in [0.25, 0.3) is 10.8 Å². The number of hydrogen-bond acceptors (Lipinski definition) is 3. The van der Waals surface area contributed by atoms with Gasteiger partial charge in [0.05, 0.1) is 0 Å². The van der Waals surface area contributed by atoms with Crippen molar-refractivity contribution in [3.8, 4) is 5.75 Å². The molecule has 0 unspecified atom stereocenters. The van der Waals surface area contributed by atoms with Gasteiger partial charge >= 0.3 is 0 Å². The molecule has 98 valence electrons. The van der Waals surface area contributed by atoms with Crippen LogP contribution in [0.5, 0.6) is 5.75 Å². The summed E-state index contributed by atoms with van der Waals surface area (Å²) in [5, 5.41) is 4.77. The Morgan fingerprint density at radius 1 is 1.21 bits per heavy atom. The van der Waals surface area contributed by atoms with Crippen molar-refractivity contribution in [1.29, 1.82) is 0 Å². The Morgan fingerprint density at radius 3 is 2.68 bits per heavy atom. The highest BCUT2D eigenvalue weighted by molar-refractivity contribution is 5.97. The molecule has 2 aromatic carbocycles. The molecule has 2 aromatic rings. The summed E-state index contributed by atoms with van der Waals surface area (Å²) in [5.74, 6) is 0.624.